The number of aliphatic hydroxyl groups is 1. The van der Waals surface area contributed by atoms with E-state index in [4.69, 9.17) is 0 Å². The fraction of sp³-hybridized carbons (Fsp3) is 0.520. The van der Waals surface area contributed by atoms with Gasteiger partial charge in [-0.2, -0.15) is 0 Å². The molecule has 156 valence electrons. The van der Waals surface area contributed by atoms with Gasteiger partial charge in [0.1, 0.15) is 0 Å². The van der Waals surface area contributed by atoms with Crippen LogP contribution in [0.15, 0.2) is 60.7 Å². The maximum atomic E-state index is 9.62. The third-order valence-corrected chi connectivity index (χ3v) is 6.65. The number of benzene rings is 2. The molecular formula is C25H35N3O. The molecule has 1 N–H and O–H groups in total. The van der Waals surface area contributed by atoms with Gasteiger partial charge in [-0.05, 0) is 43.5 Å². The van der Waals surface area contributed by atoms with Crippen LogP contribution in [0.5, 0.6) is 0 Å². The summed E-state index contributed by atoms with van der Waals surface area (Å²) in [4.78, 5) is 7.89. The minimum Gasteiger partial charge on any atom is -0.396 e. The lowest BCUT2D eigenvalue weighted by Crippen LogP contribution is -2.57. The summed E-state index contributed by atoms with van der Waals surface area (Å²) in [6, 6.07) is 22.7. The zero-order valence-corrected chi connectivity index (χ0v) is 17.5. The van der Waals surface area contributed by atoms with Crippen LogP contribution < -0.4 is 0 Å². The van der Waals surface area contributed by atoms with Gasteiger partial charge in [0.15, 0.2) is 0 Å². The van der Waals surface area contributed by atoms with Crippen molar-refractivity contribution in [1.29, 1.82) is 0 Å². The summed E-state index contributed by atoms with van der Waals surface area (Å²) >= 11 is 0. The molecule has 0 bridgehead atoms. The third kappa shape index (κ3) is 5.67. The van der Waals surface area contributed by atoms with E-state index in [0.717, 1.165) is 39.1 Å². The van der Waals surface area contributed by atoms with Gasteiger partial charge in [0, 0.05) is 51.4 Å². The quantitative estimate of drug-likeness (QED) is 0.782. The van der Waals surface area contributed by atoms with Crippen molar-refractivity contribution in [2.24, 2.45) is 0 Å². The molecule has 0 aliphatic carbocycles. The molecule has 0 saturated carbocycles. The zero-order valence-electron chi connectivity index (χ0n) is 17.5. The average Bonchev–Trinajstić information content (AvgIpc) is 2.77. The number of likely N-dealkylation sites (tertiary alicyclic amines) is 1. The Morgan fingerprint density at radius 3 is 2.00 bits per heavy atom. The summed E-state index contributed by atoms with van der Waals surface area (Å²) in [7, 11) is 0. The smallest absolute Gasteiger partial charge is 0.0446 e. The van der Waals surface area contributed by atoms with Gasteiger partial charge in [0.05, 0.1) is 0 Å². The maximum Gasteiger partial charge on any atom is 0.0446 e. The number of piperazine rings is 1. The van der Waals surface area contributed by atoms with E-state index in [9.17, 15) is 5.11 Å². The predicted molar refractivity (Wildman–Crippen MR) is 119 cm³/mol. The fourth-order valence-electron chi connectivity index (χ4n) is 4.98. The molecule has 0 unspecified atom stereocenters. The minimum absolute atomic E-state index is 0.277. The van der Waals surface area contributed by atoms with Gasteiger partial charge in [-0.1, -0.05) is 60.7 Å². The van der Waals surface area contributed by atoms with E-state index >= 15 is 0 Å². The van der Waals surface area contributed by atoms with E-state index in [2.05, 4.69) is 75.4 Å². The number of hydrogen-bond donors (Lipinski definition) is 1. The highest BCUT2D eigenvalue weighted by molar-refractivity contribution is 5.15. The number of piperidine rings is 1. The molecule has 4 heteroatoms. The summed E-state index contributed by atoms with van der Waals surface area (Å²) in [6.07, 6.45) is 3.39. The molecule has 2 heterocycles. The second-order valence-electron chi connectivity index (χ2n) is 8.61. The maximum absolute atomic E-state index is 9.62. The van der Waals surface area contributed by atoms with Gasteiger partial charge in [-0.15, -0.1) is 0 Å². The average molecular weight is 394 g/mol. The molecule has 2 aromatic carbocycles. The van der Waals surface area contributed by atoms with Crippen LogP contribution in [-0.4, -0.2) is 71.2 Å². The molecule has 2 saturated heterocycles. The standard InChI is InChI=1S/C25H35N3O/c29-18-13-25-21-28(17-16-27(25)20-23-9-5-2-6-10-23)24-11-14-26(15-12-24)19-22-7-3-1-4-8-22/h1-10,24-25,29H,11-21H2/t25-/m1/s1. The summed E-state index contributed by atoms with van der Waals surface area (Å²) in [5, 5.41) is 9.62. The lowest BCUT2D eigenvalue weighted by Gasteiger charge is -2.46. The topological polar surface area (TPSA) is 30.0 Å². The lowest BCUT2D eigenvalue weighted by atomic mass is 9.99. The van der Waals surface area contributed by atoms with Crippen molar-refractivity contribution in [2.75, 3.05) is 39.3 Å². The highest BCUT2D eigenvalue weighted by atomic mass is 16.3. The second-order valence-corrected chi connectivity index (χ2v) is 8.61. The summed E-state index contributed by atoms with van der Waals surface area (Å²) in [5.74, 6) is 0. The number of aliphatic hydroxyl groups excluding tert-OH is 1. The van der Waals surface area contributed by atoms with Crippen LogP contribution in [0.2, 0.25) is 0 Å². The molecule has 29 heavy (non-hydrogen) atoms. The number of hydrogen-bond acceptors (Lipinski definition) is 4. The van der Waals surface area contributed by atoms with E-state index in [0.29, 0.717) is 12.1 Å². The molecule has 2 aromatic rings. The Kier molecular flexibility index (Phi) is 7.33. The van der Waals surface area contributed by atoms with Crippen molar-refractivity contribution in [1.82, 2.24) is 14.7 Å². The van der Waals surface area contributed by atoms with Gasteiger partial charge < -0.3 is 5.11 Å². The van der Waals surface area contributed by atoms with E-state index < -0.39 is 0 Å². The Labute approximate surface area is 175 Å². The first-order valence-corrected chi connectivity index (χ1v) is 11.2. The third-order valence-electron chi connectivity index (χ3n) is 6.65. The van der Waals surface area contributed by atoms with Crippen molar-refractivity contribution in [3.05, 3.63) is 71.8 Å². The van der Waals surface area contributed by atoms with E-state index in [1.54, 1.807) is 0 Å². The predicted octanol–water partition coefficient (Wildman–Crippen LogP) is 3.22. The van der Waals surface area contributed by atoms with Crippen molar-refractivity contribution in [3.63, 3.8) is 0 Å². The van der Waals surface area contributed by atoms with Gasteiger partial charge in [0.25, 0.3) is 0 Å². The van der Waals surface area contributed by atoms with Crippen molar-refractivity contribution in [2.45, 2.75) is 44.4 Å². The Bertz CT molecular complexity index is 715. The molecule has 0 radical (unpaired) electrons. The Balaban J connectivity index is 1.29. The van der Waals surface area contributed by atoms with Crippen molar-refractivity contribution >= 4 is 0 Å². The molecular weight excluding hydrogens is 358 g/mol. The Hall–Kier alpha value is -1.72. The van der Waals surface area contributed by atoms with E-state index in [1.807, 2.05) is 0 Å². The highest BCUT2D eigenvalue weighted by Crippen LogP contribution is 2.23. The second kappa shape index (κ2) is 10.4. The SMILES string of the molecule is OCC[C@@H]1CN(C2CCN(Cc3ccccc3)CC2)CCN1Cc1ccccc1. The molecule has 0 aromatic heterocycles. The number of nitrogens with zero attached hydrogens (tertiary/aromatic N) is 3. The van der Waals surface area contributed by atoms with Crippen LogP contribution in [0, 0.1) is 0 Å². The summed E-state index contributed by atoms with van der Waals surface area (Å²) < 4.78 is 0. The fourth-order valence-corrected chi connectivity index (χ4v) is 4.98. The molecule has 2 aliphatic heterocycles. The molecule has 4 nitrogen and oxygen atoms in total. The van der Waals surface area contributed by atoms with Crippen molar-refractivity contribution < 1.29 is 5.11 Å². The largest absolute Gasteiger partial charge is 0.396 e. The van der Waals surface area contributed by atoms with E-state index in [1.165, 1.54) is 37.1 Å². The van der Waals surface area contributed by atoms with E-state index in [-0.39, 0.29) is 6.61 Å². The van der Waals surface area contributed by atoms with Gasteiger partial charge in [-0.25, -0.2) is 0 Å². The highest BCUT2D eigenvalue weighted by Gasteiger charge is 2.32. The number of rotatable bonds is 7. The molecule has 0 spiro atoms. The van der Waals surface area contributed by atoms with Crippen LogP contribution in [-0.2, 0) is 13.1 Å². The first kappa shape index (κ1) is 20.5. The molecule has 1 atom stereocenters. The molecule has 2 fully saturated rings. The summed E-state index contributed by atoms with van der Waals surface area (Å²) in [5.41, 5.74) is 2.79. The minimum atomic E-state index is 0.277. The van der Waals surface area contributed by atoms with Crippen molar-refractivity contribution in [3.8, 4) is 0 Å². The normalized spacial score (nSPS) is 22.7. The Morgan fingerprint density at radius 2 is 1.38 bits per heavy atom. The monoisotopic (exact) mass is 393 g/mol. The van der Waals surface area contributed by atoms with Crippen LogP contribution in [0.3, 0.4) is 0 Å². The van der Waals surface area contributed by atoms with Gasteiger partial charge >= 0.3 is 0 Å². The lowest BCUT2D eigenvalue weighted by molar-refractivity contribution is 0.0123. The first-order valence-electron chi connectivity index (χ1n) is 11.2. The van der Waals surface area contributed by atoms with Crippen LogP contribution >= 0.6 is 0 Å². The molecule has 2 aliphatic rings. The van der Waals surface area contributed by atoms with Crippen LogP contribution in [0.4, 0.5) is 0 Å². The molecule has 0 amide bonds. The first-order chi connectivity index (χ1) is 14.3. The van der Waals surface area contributed by atoms with Crippen LogP contribution in [0.25, 0.3) is 0 Å². The van der Waals surface area contributed by atoms with Crippen LogP contribution in [0.1, 0.15) is 30.4 Å². The summed E-state index contributed by atoms with van der Waals surface area (Å²) in [6.45, 7) is 8.07. The van der Waals surface area contributed by atoms with Gasteiger partial charge in [0.2, 0.25) is 0 Å². The van der Waals surface area contributed by atoms with Gasteiger partial charge in [-0.3, -0.25) is 14.7 Å². The molecule has 4 rings (SSSR count). The Morgan fingerprint density at radius 1 is 0.759 bits per heavy atom. The zero-order chi connectivity index (χ0) is 19.9.